The van der Waals surface area contributed by atoms with Crippen LogP contribution in [0.4, 0.5) is 0 Å². The van der Waals surface area contributed by atoms with Crippen LogP contribution < -0.4 is 0 Å². The Balaban J connectivity index is 1.37. The van der Waals surface area contributed by atoms with Gasteiger partial charge in [0.1, 0.15) is 18.7 Å². The largest absolute Gasteiger partial charge is 0.341 e. The summed E-state index contributed by atoms with van der Waals surface area (Å²) >= 11 is 0. The highest BCUT2D eigenvalue weighted by atomic mass is 16.2. The Labute approximate surface area is 170 Å². The van der Waals surface area contributed by atoms with Gasteiger partial charge in [0, 0.05) is 32.3 Å². The number of hydrogen-bond acceptors (Lipinski definition) is 6. The van der Waals surface area contributed by atoms with E-state index >= 15 is 0 Å². The van der Waals surface area contributed by atoms with Gasteiger partial charge >= 0.3 is 0 Å². The summed E-state index contributed by atoms with van der Waals surface area (Å²) in [6.45, 7) is 6.40. The van der Waals surface area contributed by atoms with Gasteiger partial charge in [-0.3, -0.25) is 19.6 Å². The number of piperidine rings is 2. The molecule has 0 aromatic carbocycles. The van der Waals surface area contributed by atoms with Gasteiger partial charge < -0.3 is 9.80 Å². The number of nitrogens with zero attached hydrogens (tertiary/aromatic N) is 7. The molecule has 2 saturated heterocycles. The maximum Gasteiger partial charge on any atom is 0.247 e. The molecule has 0 radical (unpaired) electrons. The zero-order valence-corrected chi connectivity index (χ0v) is 17.0. The fraction of sp³-hybridized carbons (Fsp3) is 0.600. The Morgan fingerprint density at radius 3 is 2.66 bits per heavy atom. The van der Waals surface area contributed by atoms with Crippen molar-refractivity contribution in [3.63, 3.8) is 0 Å². The summed E-state index contributed by atoms with van der Waals surface area (Å²) in [7, 11) is 0. The third kappa shape index (κ3) is 4.13. The summed E-state index contributed by atoms with van der Waals surface area (Å²) < 4.78 is 1.59. The number of aromatic nitrogens is 5. The minimum absolute atomic E-state index is 0.0732. The highest BCUT2D eigenvalue weighted by Gasteiger charge is 2.42. The van der Waals surface area contributed by atoms with Gasteiger partial charge in [-0.25, -0.2) is 9.67 Å². The van der Waals surface area contributed by atoms with Crippen LogP contribution in [0, 0.1) is 12.3 Å². The lowest BCUT2D eigenvalue weighted by molar-refractivity contribution is -0.144. The lowest BCUT2D eigenvalue weighted by atomic mass is 9.72. The second kappa shape index (κ2) is 7.88. The molecule has 1 unspecified atom stereocenters. The molecular weight excluding hydrogens is 370 g/mol. The molecule has 154 valence electrons. The summed E-state index contributed by atoms with van der Waals surface area (Å²) in [5.41, 5.74) is 1.77. The van der Waals surface area contributed by atoms with Gasteiger partial charge in [0.05, 0.1) is 24.1 Å². The van der Waals surface area contributed by atoms with E-state index in [9.17, 15) is 9.59 Å². The fourth-order valence-electron chi connectivity index (χ4n) is 4.35. The van der Waals surface area contributed by atoms with Gasteiger partial charge in [0.25, 0.3) is 0 Å². The van der Waals surface area contributed by atoms with Gasteiger partial charge in [0.2, 0.25) is 11.8 Å². The van der Waals surface area contributed by atoms with Crippen molar-refractivity contribution in [2.75, 3.05) is 19.6 Å². The van der Waals surface area contributed by atoms with Crippen molar-refractivity contribution in [2.24, 2.45) is 5.41 Å². The first kappa shape index (κ1) is 19.5. The number of aryl methyl sites for hydroxylation is 1. The summed E-state index contributed by atoms with van der Waals surface area (Å²) in [5.74, 6) is 0.250. The van der Waals surface area contributed by atoms with Crippen LogP contribution in [0.1, 0.15) is 50.0 Å². The quantitative estimate of drug-likeness (QED) is 0.773. The Morgan fingerprint density at radius 1 is 1.21 bits per heavy atom. The zero-order valence-electron chi connectivity index (χ0n) is 17.0. The van der Waals surface area contributed by atoms with Gasteiger partial charge in [-0.05, 0) is 38.5 Å². The Kier molecular flexibility index (Phi) is 5.29. The monoisotopic (exact) mass is 397 g/mol. The Hall–Kier alpha value is -2.84. The second-order valence-electron chi connectivity index (χ2n) is 8.28. The minimum atomic E-state index is -0.351. The molecule has 0 N–H and O–H groups in total. The number of hydrogen-bond donors (Lipinski definition) is 0. The molecular formula is C20H27N7O2. The first-order valence-corrected chi connectivity index (χ1v) is 10.1. The van der Waals surface area contributed by atoms with E-state index in [2.05, 4.69) is 20.1 Å². The molecule has 2 aromatic rings. The molecule has 4 rings (SSSR count). The van der Waals surface area contributed by atoms with E-state index in [0.717, 1.165) is 37.2 Å². The van der Waals surface area contributed by atoms with Crippen LogP contribution in [0.2, 0.25) is 0 Å². The predicted octanol–water partition coefficient (Wildman–Crippen LogP) is 1.37. The van der Waals surface area contributed by atoms with Crippen LogP contribution in [-0.2, 0) is 16.1 Å². The number of likely N-dealkylation sites (tertiary alicyclic amines) is 2. The smallest absolute Gasteiger partial charge is 0.247 e. The predicted molar refractivity (Wildman–Crippen MR) is 104 cm³/mol. The van der Waals surface area contributed by atoms with Crippen LogP contribution in [-0.4, -0.2) is 66.0 Å². The Bertz CT molecular complexity index is 857. The molecule has 9 nitrogen and oxygen atoms in total. The zero-order chi connectivity index (χ0) is 20.4. The molecule has 2 aliphatic rings. The molecule has 0 saturated carbocycles. The minimum Gasteiger partial charge on any atom is -0.341 e. The van der Waals surface area contributed by atoms with Crippen LogP contribution in [0.3, 0.4) is 0 Å². The van der Waals surface area contributed by atoms with Crippen LogP contribution in [0.25, 0.3) is 0 Å². The first-order chi connectivity index (χ1) is 14.0. The van der Waals surface area contributed by atoms with Crippen molar-refractivity contribution in [2.45, 2.75) is 52.1 Å². The van der Waals surface area contributed by atoms with Gasteiger partial charge in [-0.15, -0.1) is 0 Å². The van der Waals surface area contributed by atoms with Crippen molar-refractivity contribution < 1.29 is 9.59 Å². The molecule has 2 aliphatic heterocycles. The first-order valence-electron chi connectivity index (χ1n) is 10.1. The summed E-state index contributed by atoms with van der Waals surface area (Å²) in [4.78, 5) is 41.7. The third-order valence-electron chi connectivity index (χ3n) is 6.26. The molecule has 4 heterocycles. The molecule has 1 atom stereocenters. The highest BCUT2D eigenvalue weighted by molar-refractivity contribution is 5.80. The number of amides is 2. The second-order valence-corrected chi connectivity index (χ2v) is 8.28. The van der Waals surface area contributed by atoms with E-state index in [1.54, 1.807) is 23.4 Å². The number of rotatable bonds is 4. The molecule has 9 heteroatoms. The summed E-state index contributed by atoms with van der Waals surface area (Å²) in [6.07, 6.45) is 9.77. The van der Waals surface area contributed by atoms with Gasteiger partial charge in [-0.1, -0.05) is 0 Å². The van der Waals surface area contributed by atoms with E-state index in [0.29, 0.717) is 26.1 Å². The van der Waals surface area contributed by atoms with Crippen molar-refractivity contribution in [1.29, 1.82) is 0 Å². The molecule has 29 heavy (non-hydrogen) atoms. The number of carbonyl (C=O) groups is 2. The maximum absolute atomic E-state index is 12.8. The normalized spacial score (nSPS) is 20.1. The highest BCUT2D eigenvalue weighted by Crippen LogP contribution is 2.40. The fourth-order valence-corrected chi connectivity index (χ4v) is 4.35. The van der Waals surface area contributed by atoms with Crippen molar-refractivity contribution >= 4 is 11.8 Å². The van der Waals surface area contributed by atoms with Crippen LogP contribution >= 0.6 is 0 Å². The lowest BCUT2D eigenvalue weighted by Crippen LogP contribution is -2.52. The van der Waals surface area contributed by atoms with Crippen LogP contribution in [0.15, 0.2) is 25.0 Å². The van der Waals surface area contributed by atoms with E-state index < -0.39 is 0 Å². The van der Waals surface area contributed by atoms with Crippen molar-refractivity contribution in [3.8, 4) is 0 Å². The number of carbonyl (C=O) groups excluding carboxylic acids is 2. The van der Waals surface area contributed by atoms with Crippen molar-refractivity contribution in [3.05, 3.63) is 36.4 Å². The van der Waals surface area contributed by atoms with E-state index in [1.165, 1.54) is 6.33 Å². The van der Waals surface area contributed by atoms with Gasteiger partial charge in [-0.2, -0.15) is 5.10 Å². The van der Waals surface area contributed by atoms with E-state index in [-0.39, 0.29) is 23.3 Å². The third-order valence-corrected chi connectivity index (χ3v) is 6.26. The summed E-state index contributed by atoms with van der Waals surface area (Å²) in [6, 6.07) is -0.351. The van der Waals surface area contributed by atoms with Gasteiger partial charge in [0.15, 0.2) is 0 Å². The molecule has 2 fully saturated rings. The molecule has 2 amide bonds. The lowest BCUT2D eigenvalue weighted by Gasteiger charge is -2.47. The molecule has 0 bridgehead atoms. The maximum atomic E-state index is 12.8. The van der Waals surface area contributed by atoms with E-state index in [4.69, 9.17) is 0 Å². The van der Waals surface area contributed by atoms with Crippen LogP contribution in [0.5, 0.6) is 0 Å². The van der Waals surface area contributed by atoms with E-state index in [1.807, 2.05) is 23.6 Å². The molecule has 1 spiro atoms. The topological polar surface area (TPSA) is 97.1 Å². The summed E-state index contributed by atoms with van der Waals surface area (Å²) in [5, 5.41) is 4.08. The average Bonchev–Trinajstić information content (AvgIpc) is 3.27. The standard InChI is InChI=1S/C20H27N7O2/c1-15-9-23-17(10-22-15)11-26-12-20(4-3-18(26)28)5-7-25(8-6-20)19(29)16(2)27-14-21-13-24-27/h9-10,13-14,16H,3-8,11-12H2,1-2H3. The molecule has 2 aromatic heterocycles. The molecule has 0 aliphatic carbocycles. The Morgan fingerprint density at radius 2 is 2.00 bits per heavy atom. The SMILES string of the molecule is Cc1cnc(CN2CC3(CCC2=O)CCN(C(=O)C(C)n2cncn2)CC3)cn1. The average molecular weight is 397 g/mol. The van der Waals surface area contributed by atoms with Crippen molar-refractivity contribution in [1.82, 2.24) is 34.5 Å².